The van der Waals surface area contributed by atoms with Crippen LogP contribution in [-0.2, 0) is 11.2 Å². The van der Waals surface area contributed by atoms with Crippen LogP contribution >= 0.6 is 0 Å². The van der Waals surface area contributed by atoms with Gasteiger partial charge in [0, 0.05) is 6.42 Å². The summed E-state index contributed by atoms with van der Waals surface area (Å²) in [7, 11) is 0. The van der Waals surface area contributed by atoms with Crippen LogP contribution in [-0.4, -0.2) is 27.1 Å². The molecule has 0 saturated carbocycles. The quantitative estimate of drug-likeness (QED) is 0.678. The Hall–Kier alpha value is -2.40. The SMILES string of the molecule is Cc1ccc2cc3nc(C[C@@H](N)C(=O)O)[nH]c3cc2c1. The number of hydrogen-bond donors (Lipinski definition) is 3. The summed E-state index contributed by atoms with van der Waals surface area (Å²) in [6.45, 7) is 2.05. The van der Waals surface area contributed by atoms with E-state index in [0.29, 0.717) is 5.82 Å². The minimum atomic E-state index is -1.02. The summed E-state index contributed by atoms with van der Waals surface area (Å²) in [5, 5.41) is 11.1. The molecule has 0 unspecified atom stereocenters. The molecule has 0 aliphatic heterocycles. The first-order valence-corrected chi connectivity index (χ1v) is 6.40. The van der Waals surface area contributed by atoms with Crippen molar-refractivity contribution in [2.45, 2.75) is 19.4 Å². The molecule has 0 saturated heterocycles. The van der Waals surface area contributed by atoms with Crippen molar-refractivity contribution in [2.75, 3.05) is 0 Å². The van der Waals surface area contributed by atoms with Crippen LogP contribution in [0.1, 0.15) is 11.4 Å². The van der Waals surface area contributed by atoms with E-state index in [1.54, 1.807) is 0 Å². The van der Waals surface area contributed by atoms with Crippen molar-refractivity contribution in [3.63, 3.8) is 0 Å². The Morgan fingerprint density at radius 2 is 2.15 bits per heavy atom. The van der Waals surface area contributed by atoms with Crippen LogP contribution in [0.15, 0.2) is 30.3 Å². The Labute approximate surface area is 115 Å². The van der Waals surface area contributed by atoms with Crippen LogP contribution < -0.4 is 5.73 Å². The van der Waals surface area contributed by atoms with E-state index in [1.165, 1.54) is 5.56 Å². The molecule has 0 bridgehead atoms. The Bertz CT molecular complexity index is 807. The molecule has 0 spiro atoms. The molecule has 0 fully saturated rings. The Balaban J connectivity index is 2.06. The molecule has 3 aromatic rings. The normalized spacial score (nSPS) is 12.9. The first-order chi connectivity index (χ1) is 9.52. The molecule has 5 nitrogen and oxygen atoms in total. The number of aliphatic carboxylic acids is 1. The molecule has 1 heterocycles. The molecule has 102 valence electrons. The van der Waals surface area contributed by atoms with Gasteiger partial charge in [0.1, 0.15) is 11.9 Å². The number of nitrogens with two attached hydrogens (primary N) is 1. The standard InChI is InChI=1S/C15H15N3O2/c1-8-2-3-9-5-12-13(6-10(9)4-8)18-14(17-12)7-11(16)15(19)20/h2-6,11H,7,16H2,1H3,(H,17,18)(H,19,20)/t11-/m1/s1. The second-order valence-electron chi connectivity index (χ2n) is 5.05. The van der Waals surface area contributed by atoms with Crippen molar-refractivity contribution in [3.05, 3.63) is 41.7 Å². The summed E-state index contributed by atoms with van der Waals surface area (Å²) in [6.07, 6.45) is 0.194. The molecule has 1 atom stereocenters. The number of nitrogens with zero attached hydrogens (tertiary/aromatic N) is 1. The smallest absolute Gasteiger partial charge is 0.320 e. The number of aromatic nitrogens is 2. The number of rotatable bonds is 3. The number of H-pyrrole nitrogens is 1. The Morgan fingerprint density at radius 3 is 2.90 bits per heavy atom. The number of hydrogen-bond acceptors (Lipinski definition) is 3. The fraction of sp³-hybridized carbons (Fsp3) is 0.200. The van der Waals surface area contributed by atoms with Gasteiger partial charge in [-0.15, -0.1) is 0 Å². The highest BCUT2D eigenvalue weighted by atomic mass is 16.4. The van der Waals surface area contributed by atoms with Gasteiger partial charge in [-0.3, -0.25) is 4.79 Å². The predicted octanol–water partition coefficient (Wildman–Crippen LogP) is 1.98. The lowest BCUT2D eigenvalue weighted by molar-refractivity contribution is -0.138. The zero-order valence-electron chi connectivity index (χ0n) is 11.1. The summed E-state index contributed by atoms with van der Waals surface area (Å²) in [6, 6.07) is 9.31. The highest BCUT2D eigenvalue weighted by Gasteiger charge is 2.14. The van der Waals surface area contributed by atoms with Gasteiger partial charge in [-0.05, 0) is 29.8 Å². The van der Waals surface area contributed by atoms with Crippen molar-refractivity contribution in [1.29, 1.82) is 0 Å². The van der Waals surface area contributed by atoms with Crippen molar-refractivity contribution in [1.82, 2.24) is 9.97 Å². The van der Waals surface area contributed by atoms with Gasteiger partial charge >= 0.3 is 5.97 Å². The Morgan fingerprint density at radius 1 is 1.35 bits per heavy atom. The number of nitrogens with one attached hydrogen (secondary N) is 1. The highest BCUT2D eigenvalue weighted by Crippen LogP contribution is 2.22. The molecular weight excluding hydrogens is 254 g/mol. The number of carboxylic acid groups (broad SMARTS) is 1. The number of aromatic amines is 1. The first-order valence-electron chi connectivity index (χ1n) is 6.40. The fourth-order valence-electron chi connectivity index (χ4n) is 2.32. The number of aryl methyl sites for hydroxylation is 1. The van der Waals surface area contributed by atoms with Crippen molar-refractivity contribution < 1.29 is 9.90 Å². The summed E-state index contributed by atoms with van der Waals surface area (Å²) < 4.78 is 0. The van der Waals surface area contributed by atoms with E-state index in [1.807, 2.05) is 19.1 Å². The number of carbonyl (C=O) groups is 1. The number of fused-ring (bicyclic) bond motifs is 2. The molecule has 0 radical (unpaired) electrons. The third-order valence-corrected chi connectivity index (χ3v) is 3.38. The Kier molecular flexibility index (Phi) is 2.91. The van der Waals surface area contributed by atoms with Gasteiger partial charge in [0.25, 0.3) is 0 Å². The van der Waals surface area contributed by atoms with Gasteiger partial charge in [0.05, 0.1) is 11.0 Å². The maximum atomic E-state index is 10.8. The van der Waals surface area contributed by atoms with E-state index in [2.05, 4.69) is 28.2 Å². The van der Waals surface area contributed by atoms with E-state index in [-0.39, 0.29) is 6.42 Å². The van der Waals surface area contributed by atoms with Gasteiger partial charge in [-0.25, -0.2) is 4.98 Å². The molecule has 4 N–H and O–H groups in total. The molecule has 0 aliphatic carbocycles. The monoisotopic (exact) mass is 269 g/mol. The third kappa shape index (κ3) is 2.23. The van der Waals surface area contributed by atoms with Crippen LogP contribution in [0.5, 0.6) is 0 Å². The van der Waals surface area contributed by atoms with Crippen LogP contribution in [0.4, 0.5) is 0 Å². The maximum Gasteiger partial charge on any atom is 0.320 e. The van der Waals surface area contributed by atoms with Crippen LogP contribution in [0.3, 0.4) is 0 Å². The second-order valence-corrected chi connectivity index (χ2v) is 5.05. The minimum Gasteiger partial charge on any atom is -0.480 e. The van der Waals surface area contributed by atoms with E-state index < -0.39 is 12.0 Å². The van der Waals surface area contributed by atoms with Gasteiger partial charge in [0.15, 0.2) is 0 Å². The zero-order chi connectivity index (χ0) is 14.3. The van der Waals surface area contributed by atoms with Crippen molar-refractivity contribution in [3.8, 4) is 0 Å². The summed E-state index contributed by atoms with van der Waals surface area (Å²) in [5.41, 5.74) is 8.46. The van der Waals surface area contributed by atoms with Gasteiger partial charge in [0.2, 0.25) is 0 Å². The number of imidazole rings is 1. The lowest BCUT2D eigenvalue weighted by Gasteiger charge is -2.01. The topological polar surface area (TPSA) is 92.0 Å². The maximum absolute atomic E-state index is 10.8. The summed E-state index contributed by atoms with van der Waals surface area (Å²) >= 11 is 0. The fourth-order valence-corrected chi connectivity index (χ4v) is 2.32. The highest BCUT2D eigenvalue weighted by molar-refractivity contribution is 5.95. The molecule has 0 aliphatic rings. The average molecular weight is 269 g/mol. The third-order valence-electron chi connectivity index (χ3n) is 3.38. The van der Waals surface area contributed by atoms with Crippen LogP contribution in [0.25, 0.3) is 21.8 Å². The first kappa shape index (κ1) is 12.6. The van der Waals surface area contributed by atoms with E-state index in [9.17, 15) is 4.79 Å². The average Bonchev–Trinajstić information content (AvgIpc) is 2.76. The summed E-state index contributed by atoms with van der Waals surface area (Å²) in [4.78, 5) is 18.3. The number of carboxylic acids is 1. The largest absolute Gasteiger partial charge is 0.480 e. The van der Waals surface area contributed by atoms with Gasteiger partial charge in [-0.1, -0.05) is 23.8 Å². The molecule has 2 aromatic carbocycles. The van der Waals surface area contributed by atoms with Crippen molar-refractivity contribution in [2.24, 2.45) is 5.73 Å². The van der Waals surface area contributed by atoms with Crippen LogP contribution in [0.2, 0.25) is 0 Å². The van der Waals surface area contributed by atoms with Gasteiger partial charge < -0.3 is 15.8 Å². The zero-order valence-corrected chi connectivity index (χ0v) is 11.1. The minimum absolute atomic E-state index is 0.194. The van der Waals surface area contributed by atoms with Gasteiger partial charge in [-0.2, -0.15) is 0 Å². The number of benzene rings is 2. The molecule has 0 amide bonds. The molecular formula is C15H15N3O2. The van der Waals surface area contributed by atoms with E-state index in [4.69, 9.17) is 10.8 Å². The van der Waals surface area contributed by atoms with E-state index >= 15 is 0 Å². The lowest BCUT2D eigenvalue weighted by atomic mass is 10.1. The molecule has 3 rings (SSSR count). The molecule has 5 heteroatoms. The van der Waals surface area contributed by atoms with Crippen molar-refractivity contribution >= 4 is 27.8 Å². The molecule has 1 aromatic heterocycles. The predicted molar refractivity (Wildman–Crippen MR) is 77.7 cm³/mol. The van der Waals surface area contributed by atoms with Crippen LogP contribution in [0, 0.1) is 6.92 Å². The second kappa shape index (κ2) is 4.61. The lowest BCUT2D eigenvalue weighted by Crippen LogP contribution is -2.32. The summed E-state index contributed by atoms with van der Waals surface area (Å²) in [5.74, 6) is -0.423. The van der Waals surface area contributed by atoms with E-state index in [0.717, 1.165) is 21.8 Å². The molecule has 20 heavy (non-hydrogen) atoms.